The number of anilines is 2. The van der Waals surface area contributed by atoms with Crippen LogP contribution in [-0.4, -0.2) is 16.9 Å². The van der Waals surface area contributed by atoms with Gasteiger partial charge in [0.1, 0.15) is 0 Å². The lowest BCUT2D eigenvalue weighted by Crippen LogP contribution is -2.02. The van der Waals surface area contributed by atoms with Gasteiger partial charge in [-0.3, -0.25) is 4.79 Å². The molecule has 0 saturated heterocycles. The summed E-state index contributed by atoms with van der Waals surface area (Å²) in [6, 6.07) is 6.69. The molecule has 0 heterocycles. The molecule has 0 atom stereocenters. The highest BCUT2D eigenvalue weighted by Gasteiger charge is 2.09. The van der Waals surface area contributed by atoms with E-state index in [2.05, 4.69) is 31.9 Å². The number of halogens is 2. The molecule has 0 fully saturated rings. The van der Waals surface area contributed by atoms with Gasteiger partial charge in [0, 0.05) is 25.9 Å². The number of carbonyl (C=O) groups is 2. The number of aryl methyl sites for hydroxylation is 2. The fourth-order valence-corrected chi connectivity index (χ4v) is 2.58. The number of aromatic carboxylic acids is 1. The number of nitrogen functional groups attached to an aromatic ring is 2. The van der Waals surface area contributed by atoms with E-state index in [1.807, 2.05) is 13.8 Å². The van der Waals surface area contributed by atoms with Crippen LogP contribution in [0.5, 0.6) is 0 Å². The van der Waals surface area contributed by atoms with Crippen molar-refractivity contribution in [2.24, 2.45) is 0 Å². The number of carboxylic acid groups (broad SMARTS) is 1. The van der Waals surface area contributed by atoms with Crippen molar-refractivity contribution in [3.8, 4) is 0 Å². The number of nitrogens with two attached hydrogens (primary N) is 2. The van der Waals surface area contributed by atoms with E-state index in [1.54, 1.807) is 18.2 Å². The third-order valence-corrected chi connectivity index (χ3v) is 4.98. The summed E-state index contributed by atoms with van der Waals surface area (Å²) in [5, 5.41) is 8.68. The van der Waals surface area contributed by atoms with Gasteiger partial charge in [0.15, 0.2) is 5.78 Å². The molecule has 7 heteroatoms. The number of rotatable bonds is 2. The van der Waals surface area contributed by atoms with Crippen LogP contribution in [0, 0.1) is 13.8 Å². The van der Waals surface area contributed by atoms with Gasteiger partial charge >= 0.3 is 5.97 Å². The van der Waals surface area contributed by atoms with Gasteiger partial charge in [-0.2, -0.15) is 0 Å². The highest BCUT2D eigenvalue weighted by Crippen LogP contribution is 2.24. The third-order valence-electron chi connectivity index (χ3n) is 3.27. The molecule has 0 bridgehead atoms. The zero-order valence-corrected chi connectivity index (χ0v) is 16.7. The number of ketones is 1. The molecule has 2 aromatic carbocycles. The van der Waals surface area contributed by atoms with Crippen LogP contribution in [0.1, 0.15) is 53.6 Å². The fourth-order valence-electron chi connectivity index (χ4n) is 1.90. The second-order valence-corrected chi connectivity index (χ2v) is 6.95. The molecule has 2 aromatic rings. The van der Waals surface area contributed by atoms with Crippen molar-refractivity contribution in [3.63, 3.8) is 0 Å². The van der Waals surface area contributed by atoms with Gasteiger partial charge < -0.3 is 16.6 Å². The standard InChI is InChI=1S/C9H10BrNO.C8H8BrNO2.2CH4/c1-5-3-9(11)7(6(2)12)4-8(5)10;1-4-2-7(10)5(8(11)12)3-6(4)9;;/h3-4H,11H2,1-2H3;2-3H,10H2,1H3,(H,11,12);2*1H4. The minimum atomic E-state index is -1.01. The molecule has 0 spiro atoms. The highest BCUT2D eigenvalue weighted by molar-refractivity contribution is 9.10. The van der Waals surface area contributed by atoms with E-state index in [4.69, 9.17) is 16.6 Å². The fraction of sp³-hybridized carbons (Fsp3) is 0.263. The molecule has 0 aliphatic heterocycles. The molecule has 0 amide bonds. The number of Topliss-reactive ketones (excluding diaryl/α,β-unsaturated/α-hetero) is 1. The maximum atomic E-state index is 11.0. The Kier molecular flexibility index (Phi) is 11.1. The first kappa shape index (κ1) is 26.4. The lowest BCUT2D eigenvalue weighted by molar-refractivity contribution is 0.0697. The zero-order valence-electron chi connectivity index (χ0n) is 13.5. The van der Waals surface area contributed by atoms with Gasteiger partial charge in [0.25, 0.3) is 0 Å². The van der Waals surface area contributed by atoms with Crippen LogP contribution in [-0.2, 0) is 0 Å². The maximum Gasteiger partial charge on any atom is 0.337 e. The van der Waals surface area contributed by atoms with Crippen molar-refractivity contribution < 1.29 is 14.7 Å². The second-order valence-electron chi connectivity index (χ2n) is 5.24. The summed E-state index contributed by atoms with van der Waals surface area (Å²) in [7, 11) is 0. The Morgan fingerprint density at radius 2 is 1.19 bits per heavy atom. The Labute approximate surface area is 172 Å². The predicted molar refractivity (Wildman–Crippen MR) is 117 cm³/mol. The number of hydrogen-bond donors (Lipinski definition) is 3. The number of benzene rings is 2. The Balaban J connectivity index is 0. The number of hydrogen-bond acceptors (Lipinski definition) is 4. The first-order valence-corrected chi connectivity index (χ1v) is 8.48. The van der Waals surface area contributed by atoms with Crippen LogP contribution in [0.4, 0.5) is 11.4 Å². The molecule has 5 nitrogen and oxygen atoms in total. The Morgan fingerprint density at radius 1 is 0.846 bits per heavy atom. The number of carbonyl (C=O) groups excluding carboxylic acids is 1. The second kappa shape index (κ2) is 11.0. The van der Waals surface area contributed by atoms with E-state index in [9.17, 15) is 9.59 Å². The first-order valence-electron chi connectivity index (χ1n) is 6.90. The first-order chi connectivity index (χ1) is 11.0. The minimum absolute atomic E-state index is 0. The Morgan fingerprint density at radius 3 is 1.54 bits per heavy atom. The Bertz CT molecular complexity index is 738. The van der Waals surface area contributed by atoms with Gasteiger partial charge in [-0.1, -0.05) is 46.7 Å². The summed E-state index contributed by atoms with van der Waals surface area (Å²) in [5.41, 5.74) is 14.7. The van der Waals surface area contributed by atoms with Gasteiger partial charge in [-0.15, -0.1) is 0 Å². The van der Waals surface area contributed by atoms with Gasteiger partial charge in [0.2, 0.25) is 0 Å². The van der Waals surface area contributed by atoms with Gasteiger partial charge in [-0.05, 0) is 56.2 Å². The quantitative estimate of drug-likeness (QED) is 0.362. The molecular formula is C19H26Br2N2O3. The minimum Gasteiger partial charge on any atom is -0.478 e. The van der Waals surface area contributed by atoms with Crippen LogP contribution in [0.25, 0.3) is 0 Å². The average molecular weight is 490 g/mol. The normalized spacial score (nSPS) is 9.12. The lowest BCUT2D eigenvalue weighted by atomic mass is 10.1. The zero-order chi connectivity index (χ0) is 18.6. The summed E-state index contributed by atoms with van der Waals surface area (Å²) in [4.78, 5) is 21.6. The summed E-state index contributed by atoms with van der Waals surface area (Å²) < 4.78 is 1.68. The molecule has 0 aliphatic rings. The third kappa shape index (κ3) is 6.80. The molecule has 144 valence electrons. The van der Waals surface area contributed by atoms with Crippen molar-refractivity contribution in [2.45, 2.75) is 35.6 Å². The highest BCUT2D eigenvalue weighted by atomic mass is 79.9. The van der Waals surface area contributed by atoms with E-state index in [0.29, 0.717) is 16.9 Å². The molecule has 0 unspecified atom stereocenters. The van der Waals surface area contributed by atoms with Gasteiger partial charge in [-0.25, -0.2) is 4.79 Å². The molecule has 0 radical (unpaired) electrons. The molecular weight excluding hydrogens is 464 g/mol. The average Bonchev–Trinajstić information content (AvgIpc) is 2.46. The van der Waals surface area contributed by atoms with Crippen molar-refractivity contribution >= 4 is 55.0 Å². The topological polar surface area (TPSA) is 106 Å². The summed E-state index contributed by atoms with van der Waals surface area (Å²) in [6.45, 7) is 5.30. The Hall–Kier alpha value is -1.86. The van der Waals surface area contributed by atoms with Crippen LogP contribution >= 0.6 is 31.9 Å². The van der Waals surface area contributed by atoms with Crippen molar-refractivity contribution in [1.82, 2.24) is 0 Å². The summed E-state index contributed by atoms with van der Waals surface area (Å²) >= 11 is 6.57. The molecule has 0 aliphatic carbocycles. The van der Waals surface area contributed by atoms with Crippen molar-refractivity contribution in [3.05, 3.63) is 55.5 Å². The van der Waals surface area contributed by atoms with Crippen molar-refractivity contribution in [1.29, 1.82) is 0 Å². The molecule has 26 heavy (non-hydrogen) atoms. The summed E-state index contributed by atoms with van der Waals surface area (Å²) in [6.07, 6.45) is 0. The van der Waals surface area contributed by atoms with E-state index in [0.717, 1.165) is 20.1 Å². The maximum absolute atomic E-state index is 11.0. The molecule has 0 aromatic heterocycles. The van der Waals surface area contributed by atoms with Crippen LogP contribution in [0.3, 0.4) is 0 Å². The predicted octanol–water partition coefficient (Wildman–Crippen LogP) is 5.85. The molecule has 0 saturated carbocycles. The largest absolute Gasteiger partial charge is 0.478 e. The SMILES string of the molecule is C.C.CC(=O)c1cc(Br)c(C)cc1N.Cc1cc(N)c(C(=O)O)cc1Br. The molecule has 2 rings (SSSR count). The van der Waals surface area contributed by atoms with E-state index < -0.39 is 5.97 Å². The van der Waals surface area contributed by atoms with Crippen molar-refractivity contribution in [2.75, 3.05) is 11.5 Å². The monoisotopic (exact) mass is 488 g/mol. The van der Waals surface area contributed by atoms with Crippen LogP contribution < -0.4 is 11.5 Å². The van der Waals surface area contributed by atoms with E-state index in [-0.39, 0.29) is 26.2 Å². The van der Waals surface area contributed by atoms with Gasteiger partial charge in [0.05, 0.1) is 5.56 Å². The summed E-state index contributed by atoms with van der Waals surface area (Å²) in [5.74, 6) is -1.01. The van der Waals surface area contributed by atoms with Crippen LogP contribution in [0.2, 0.25) is 0 Å². The smallest absolute Gasteiger partial charge is 0.337 e. The lowest BCUT2D eigenvalue weighted by Gasteiger charge is -2.04. The number of carboxylic acids is 1. The van der Waals surface area contributed by atoms with E-state index >= 15 is 0 Å². The molecule has 5 N–H and O–H groups in total. The van der Waals surface area contributed by atoms with E-state index in [1.165, 1.54) is 13.0 Å². The van der Waals surface area contributed by atoms with Crippen LogP contribution in [0.15, 0.2) is 33.2 Å².